The molecule has 25 heavy (non-hydrogen) atoms. The summed E-state index contributed by atoms with van der Waals surface area (Å²) in [4.78, 5) is 4.31. The highest BCUT2D eigenvalue weighted by atomic mass is 127. The Kier molecular flexibility index (Phi) is 12.7. The molecule has 0 aromatic heterocycles. The summed E-state index contributed by atoms with van der Waals surface area (Å²) in [5.74, 6) is 0.573. The predicted molar refractivity (Wildman–Crippen MR) is 105 cm³/mol. The minimum Gasteiger partial charge on any atom is -0.376 e. The molecule has 0 heterocycles. The van der Waals surface area contributed by atoms with Crippen molar-refractivity contribution >= 4 is 29.9 Å². The number of hydrogen-bond acceptors (Lipinski definition) is 2. The highest BCUT2D eigenvalue weighted by Gasteiger charge is 2.26. The van der Waals surface area contributed by atoms with Crippen LogP contribution in [-0.4, -0.2) is 38.4 Å². The second kappa shape index (κ2) is 13.2. The number of alkyl halides is 3. The van der Waals surface area contributed by atoms with Crippen LogP contribution in [0.15, 0.2) is 35.3 Å². The van der Waals surface area contributed by atoms with Gasteiger partial charge in [0.2, 0.25) is 0 Å². The number of halogens is 4. The molecule has 0 saturated heterocycles. The minimum atomic E-state index is -4.16. The molecule has 0 amide bonds. The minimum absolute atomic E-state index is 0. The summed E-state index contributed by atoms with van der Waals surface area (Å²) in [5.41, 5.74) is 1.11. The van der Waals surface area contributed by atoms with Crippen LogP contribution in [0.4, 0.5) is 13.2 Å². The fraction of sp³-hybridized carbons (Fsp3) is 0.588. The molecule has 0 radical (unpaired) electrons. The Morgan fingerprint density at radius 1 is 1.20 bits per heavy atom. The van der Waals surface area contributed by atoms with E-state index < -0.39 is 12.6 Å². The van der Waals surface area contributed by atoms with E-state index in [2.05, 4.69) is 15.6 Å². The summed E-state index contributed by atoms with van der Waals surface area (Å²) in [6, 6.07) is 9.87. The smallest absolute Gasteiger partial charge is 0.376 e. The third-order valence-electron chi connectivity index (χ3n) is 3.12. The van der Waals surface area contributed by atoms with Crippen molar-refractivity contribution < 1.29 is 17.9 Å². The van der Waals surface area contributed by atoms with Gasteiger partial charge < -0.3 is 15.4 Å². The summed E-state index contributed by atoms with van der Waals surface area (Å²) in [6.07, 6.45) is -5.05. The van der Waals surface area contributed by atoms with E-state index in [0.717, 1.165) is 5.56 Å². The van der Waals surface area contributed by atoms with Crippen LogP contribution in [0, 0.1) is 5.92 Å². The molecule has 144 valence electrons. The van der Waals surface area contributed by atoms with Crippen LogP contribution in [0.25, 0.3) is 0 Å². The highest BCUT2D eigenvalue weighted by molar-refractivity contribution is 14.0. The van der Waals surface area contributed by atoms with Gasteiger partial charge in [-0.25, -0.2) is 0 Å². The molecule has 0 spiro atoms. The largest absolute Gasteiger partial charge is 0.390 e. The number of rotatable bonds is 9. The quantitative estimate of drug-likeness (QED) is 0.324. The van der Waals surface area contributed by atoms with Gasteiger partial charge in [0, 0.05) is 19.6 Å². The number of nitrogens with one attached hydrogen (secondary N) is 2. The zero-order valence-electron chi connectivity index (χ0n) is 14.6. The maximum Gasteiger partial charge on any atom is 0.390 e. The number of ether oxygens (including phenoxy) is 1. The molecule has 8 heteroatoms. The summed E-state index contributed by atoms with van der Waals surface area (Å²) >= 11 is 0. The van der Waals surface area contributed by atoms with E-state index in [4.69, 9.17) is 4.74 Å². The number of aliphatic imine (C=N–C) groups is 1. The first kappa shape index (κ1) is 24.0. The van der Waals surface area contributed by atoms with Gasteiger partial charge in [0.15, 0.2) is 5.96 Å². The van der Waals surface area contributed by atoms with Gasteiger partial charge in [-0.05, 0) is 18.4 Å². The lowest BCUT2D eigenvalue weighted by Gasteiger charge is -2.14. The van der Waals surface area contributed by atoms with E-state index in [1.807, 2.05) is 44.2 Å². The van der Waals surface area contributed by atoms with Crippen molar-refractivity contribution in [1.29, 1.82) is 0 Å². The van der Waals surface area contributed by atoms with Gasteiger partial charge in [-0.15, -0.1) is 24.0 Å². The molecule has 1 atom stereocenters. The maximum atomic E-state index is 12.2. The van der Waals surface area contributed by atoms with Crippen molar-refractivity contribution in [3.8, 4) is 0 Å². The van der Waals surface area contributed by atoms with Gasteiger partial charge in [-0.1, -0.05) is 37.3 Å². The summed E-state index contributed by atoms with van der Waals surface area (Å²) in [6.45, 7) is 5.83. The molecule has 1 aromatic carbocycles. The zero-order chi connectivity index (χ0) is 17.8. The molecule has 2 N–H and O–H groups in total. The molecule has 0 aliphatic heterocycles. The summed E-state index contributed by atoms with van der Waals surface area (Å²) in [5, 5.41) is 5.63. The molecule has 0 aliphatic carbocycles. The fourth-order valence-corrected chi connectivity index (χ4v) is 1.92. The van der Waals surface area contributed by atoms with Gasteiger partial charge in [0.05, 0.1) is 19.6 Å². The highest BCUT2D eigenvalue weighted by Crippen LogP contribution is 2.18. The Bertz CT molecular complexity index is 484. The predicted octanol–water partition coefficient (Wildman–Crippen LogP) is 3.96. The van der Waals surface area contributed by atoms with E-state index in [-0.39, 0.29) is 36.4 Å². The van der Waals surface area contributed by atoms with Crippen LogP contribution in [0.2, 0.25) is 0 Å². The number of hydrogen-bond donors (Lipinski definition) is 2. The van der Waals surface area contributed by atoms with Gasteiger partial charge >= 0.3 is 6.18 Å². The lowest BCUT2D eigenvalue weighted by molar-refractivity contribution is -0.132. The van der Waals surface area contributed by atoms with Crippen LogP contribution < -0.4 is 10.6 Å². The van der Waals surface area contributed by atoms with E-state index in [9.17, 15) is 13.2 Å². The van der Waals surface area contributed by atoms with E-state index in [1.54, 1.807) is 0 Å². The molecule has 1 rings (SSSR count). The molecule has 1 unspecified atom stereocenters. The Morgan fingerprint density at radius 3 is 2.48 bits per heavy atom. The van der Waals surface area contributed by atoms with Crippen LogP contribution >= 0.6 is 24.0 Å². The lowest BCUT2D eigenvalue weighted by atomic mass is 10.2. The van der Waals surface area contributed by atoms with Gasteiger partial charge in [0.25, 0.3) is 0 Å². The summed E-state index contributed by atoms with van der Waals surface area (Å²) < 4.78 is 42.1. The van der Waals surface area contributed by atoms with Gasteiger partial charge in [-0.3, -0.25) is 4.99 Å². The van der Waals surface area contributed by atoms with Crippen molar-refractivity contribution in [2.24, 2.45) is 10.9 Å². The van der Waals surface area contributed by atoms with E-state index >= 15 is 0 Å². The molecule has 1 aromatic rings. The molecule has 0 bridgehead atoms. The van der Waals surface area contributed by atoms with Crippen LogP contribution in [0.1, 0.15) is 25.8 Å². The average molecular weight is 473 g/mol. The van der Waals surface area contributed by atoms with E-state index in [1.165, 1.54) is 0 Å². The summed E-state index contributed by atoms with van der Waals surface area (Å²) in [7, 11) is 0. The SMILES string of the molecule is CCNC(=NCC(C)COCc1ccccc1)NCCC(F)(F)F.I. The Labute approximate surface area is 164 Å². The zero-order valence-corrected chi connectivity index (χ0v) is 16.9. The lowest BCUT2D eigenvalue weighted by Crippen LogP contribution is -2.39. The van der Waals surface area contributed by atoms with Crippen LogP contribution in [0.3, 0.4) is 0 Å². The Morgan fingerprint density at radius 2 is 1.88 bits per heavy atom. The fourth-order valence-electron chi connectivity index (χ4n) is 1.92. The normalized spacial score (nSPS) is 13.1. The molecule has 0 aliphatic rings. The maximum absolute atomic E-state index is 12.2. The molecular weight excluding hydrogens is 446 g/mol. The van der Waals surface area contributed by atoms with Crippen molar-refractivity contribution in [3.05, 3.63) is 35.9 Å². The first-order valence-electron chi connectivity index (χ1n) is 8.11. The molecule has 0 fully saturated rings. The third-order valence-corrected chi connectivity index (χ3v) is 3.12. The topological polar surface area (TPSA) is 45.7 Å². The monoisotopic (exact) mass is 473 g/mol. The Balaban J connectivity index is 0.00000576. The number of benzene rings is 1. The van der Waals surface area contributed by atoms with Gasteiger partial charge in [0.1, 0.15) is 0 Å². The van der Waals surface area contributed by atoms with Gasteiger partial charge in [-0.2, -0.15) is 13.2 Å². The molecule has 0 saturated carbocycles. The second-order valence-electron chi connectivity index (χ2n) is 5.62. The number of guanidine groups is 1. The van der Waals surface area contributed by atoms with Crippen LogP contribution in [-0.2, 0) is 11.3 Å². The Hall–Kier alpha value is -1.03. The first-order valence-corrected chi connectivity index (χ1v) is 8.11. The number of nitrogens with zero attached hydrogens (tertiary/aromatic N) is 1. The first-order chi connectivity index (χ1) is 11.4. The van der Waals surface area contributed by atoms with Crippen molar-refractivity contribution in [1.82, 2.24) is 10.6 Å². The van der Waals surface area contributed by atoms with Crippen molar-refractivity contribution in [3.63, 3.8) is 0 Å². The second-order valence-corrected chi connectivity index (χ2v) is 5.62. The molecular formula is C17H27F3IN3O. The molecule has 4 nitrogen and oxygen atoms in total. The van der Waals surface area contributed by atoms with Crippen molar-refractivity contribution in [2.75, 3.05) is 26.2 Å². The van der Waals surface area contributed by atoms with E-state index in [0.29, 0.717) is 32.3 Å². The van der Waals surface area contributed by atoms with Crippen LogP contribution in [0.5, 0.6) is 0 Å². The third kappa shape index (κ3) is 12.9. The average Bonchev–Trinajstić information content (AvgIpc) is 2.52. The standard InChI is InChI=1S/C17H26F3N3O.HI/c1-3-21-16(22-10-9-17(18,19)20)23-11-14(2)12-24-13-15-7-5-4-6-8-15;/h4-8,14H,3,9-13H2,1-2H3,(H2,21,22,23);1H. The van der Waals surface area contributed by atoms with Crippen molar-refractivity contribution in [2.45, 2.75) is 33.1 Å².